The van der Waals surface area contributed by atoms with Crippen LogP contribution in [0.3, 0.4) is 0 Å². The Bertz CT molecular complexity index is 1000. The lowest BCUT2D eigenvalue weighted by molar-refractivity contribution is 0.00673. The van der Waals surface area contributed by atoms with Crippen molar-refractivity contribution in [3.8, 4) is 5.75 Å². The summed E-state index contributed by atoms with van der Waals surface area (Å²) in [4.78, 5) is 13.7. The van der Waals surface area contributed by atoms with Crippen LogP contribution in [0.15, 0.2) is 78.2 Å². The molecule has 3 aromatic rings. The van der Waals surface area contributed by atoms with Gasteiger partial charge in [0.05, 0.1) is 0 Å². The zero-order valence-corrected chi connectivity index (χ0v) is 17.1. The molecule has 0 aromatic heterocycles. The summed E-state index contributed by atoms with van der Waals surface area (Å²) in [7, 11) is 1.53. The number of methoxy groups -OCH3 is 1. The molecule has 0 radical (unpaired) electrons. The van der Waals surface area contributed by atoms with E-state index in [4.69, 9.17) is 9.47 Å². The highest BCUT2D eigenvalue weighted by Crippen LogP contribution is 2.35. The summed E-state index contributed by atoms with van der Waals surface area (Å²) < 4.78 is 11.2. The molecule has 1 amide bonds. The van der Waals surface area contributed by atoms with E-state index in [0.29, 0.717) is 11.1 Å². The first-order chi connectivity index (χ1) is 14.1. The van der Waals surface area contributed by atoms with Gasteiger partial charge in [0.25, 0.3) is 0 Å². The number of ether oxygens (including phenoxy) is 2. The second-order valence-electron chi connectivity index (χ2n) is 6.33. The van der Waals surface area contributed by atoms with E-state index in [-0.39, 0.29) is 5.75 Å². The second kappa shape index (κ2) is 9.49. The molecule has 0 spiro atoms. The highest BCUT2D eigenvalue weighted by atomic mass is 32.2. The maximum atomic E-state index is 12.6. The number of anilines is 1. The minimum atomic E-state index is -0.742. The summed E-state index contributed by atoms with van der Waals surface area (Å²) in [6, 6.07) is 18.2. The van der Waals surface area contributed by atoms with Crippen LogP contribution in [0.1, 0.15) is 11.7 Å². The average molecular weight is 410 g/mol. The number of thioether (sulfide) groups is 1. The summed E-state index contributed by atoms with van der Waals surface area (Å²) >= 11 is 1.62. The number of fused-ring (bicyclic) bond motifs is 1. The average Bonchev–Trinajstić information content (AvgIpc) is 2.75. The minimum Gasteiger partial charge on any atom is -0.507 e. The van der Waals surface area contributed by atoms with Crippen LogP contribution in [0.4, 0.5) is 10.5 Å². The number of carbonyl (C=O) groups is 1. The Kier molecular flexibility index (Phi) is 6.80. The molecule has 6 heteroatoms. The Hall–Kier alpha value is -2.96. The van der Waals surface area contributed by atoms with E-state index in [2.05, 4.69) is 11.9 Å². The van der Waals surface area contributed by atoms with E-state index in [0.717, 1.165) is 15.8 Å². The molecular weight excluding hydrogens is 386 g/mol. The molecule has 0 aliphatic rings. The molecule has 0 unspecified atom stereocenters. The van der Waals surface area contributed by atoms with Crippen molar-refractivity contribution in [1.29, 1.82) is 0 Å². The van der Waals surface area contributed by atoms with Gasteiger partial charge in [-0.15, -0.1) is 18.3 Å². The van der Waals surface area contributed by atoms with Crippen molar-refractivity contribution >= 4 is 34.3 Å². The molecule has 0 heterocycles. The summed E-state index contributed by atoms with van der Waals surface area (Å²) in [5.41, 5.74) is 1.35. The van der Waals surface area contributed by atoms with Gasteiger partial charge in [-0.25, -0.2) is 4.79 Å². The summed E-state index contributed by atoms with van der Waals surface area (Å²) in [6.07, 6.45) is 1.67. The molecule has 3 aromatic carbocycles. The molecule has 0 bridgehead atoms. The SMILES string of the molecule is C=C[C@H](OC)[C@@H](OC(=O)Nc1ccc(SC)cc1)c1ccc(O)c2ccccc12. The maximum Gasteiger partial charge on any atom is 0.412 e. The van der Waals surface area contributed by atoms with Crippen LogP contribution in [0, 0.1) is 0 Å². The fourth-order valence-corrected chi connectivity index (χ4v) is 3.55. The van der Waals surface area contributed by atoms with Gasteiger partial charge < -0.3 is 14.6 Å². The van der Waals surface area contributed by atoms with E-state index >= 15 is 0 Å². The zero-order valence-electron chi connectivity index (χ0n) is 16.3. The molecule has 0 fully saturated rings. The van der Waals surface area contributed by atoms with Crippen molar-refractivity contribution in [3.05, 3.63) is 78.9 Å². The van der Waals surface area contributed by atoms with Gasteiger partial charge in [-0.2, -0.15) is 0 Å². The lowest BCUT2D eigenvalue weighted by Crippen LogP contribution is -2.26. The molecule has 29 heavy (non-hydrogen) atoms. The number of hydrogen-bond acceptors (Lipinski definition) is 5. The first-order valence-electron chi connectivity index (χ1n) is 9.05. The van der Waals surface area contributed by atoms with E-state index in [1.54, 1.807) is 30.0 Å². The lowest BCUT2D eigenvalue weighted by Gasteiger charge is -2.25. The number of nitrogens with one attached hydrogen (secondary N) is 1. The smallest absolute Gasteiger partial charge is 0.412 e. The highest BCUT2D eigenvalue weighted by molar-refractivity contribution is 7.98. The van der Waals surface area contributed by atoms with Crippen LogP contribution >= 0.6 is 11.8 Å². The first kappa shape index (κ1) is 20.8. The van der Waals surface area contributed by atoms with Crippen molar-refractivity contribution < 1.29 is 19.4 Å². The molecule has 0 aliphatic carbocycles. The molecule has 150 valence electrons. The van der Waals surface area contributed by atoms with Gasteiger partial charge in [0.2, 0.25) is 0 Å². The van der Waals surface area contributed by atoms with Crippen LogP contribution in [0.25, 0.3) is 10.8 Å². The first-order valence-corrected chi connectivity index (χ1v) is 10.3. The molecule has 2 atom stereocenters. The molecular formula is C23H23NO4S. The Labute approximate surface area is 174 Å². The zero-order chi connectivity index (χ0) is 20.8. The fraction of sp³-hybridized carbons (Fsp3) is 0.174. The Morgan fingerprint density at radius 2 is 1.79 bits per heavy atom. The van der Waals surface area contributed by atoms with Crippen LogP contribution in [0.5, 0.6) is 5.75 Å². The van der Waals surface area contributed by atoms with E-state index in [1.165, 1.54) is 7.11 Å². The van der Waals surface area contributed by atoms with Gasteiger partial charge in [0, 0.05) is 28.6 Å². The topological polar surface area (TPSA) is 67.8 Å². The van der Waals surface area contributed by atoms with Gasteiger partial charge in [-0.05, 0) is 42.0 Å². The predicted octanol–water partition coefficient (Wildman–Crippen LogP) is 5.76. The van der Waals surface area contributed by atoms with E-state index in [1.807, 2.05) is 54.8 Å². The lowest BCUT2D eigenvalue weighted by atomic mass is 9.96. The van der Waals surface area contributed by atoms with Gasteiger partial charge >= 0.3 is 6.09 Å². The number of aromatic hydroxyl groups is 1. The van der Waals surface area contributed by atoms with Crippen LogP contribution in [0.2, 0.25) is 0 Å². The van der Waals surface area contributed by atoms with Crippen molar-refractivity contribution in [1.82, 2.24) is 0 Å². The fourth-order valence-electron chi connectivity index (χ4n) is 3.14. The third-order valence-electron chi connectivity index (χ3n) is 4.61. The second-order valence-corrected chi connectivity index (χ2v) is 7.21. The van der Waals surface area contributed by atoms with E-state index in [9.17, 15) is 9.90 Å². The number of carbonyl (C=O) groups excluding carboxylic acids is 1. The highest BCUT2D eigenvalue weighted by Gasteiger charge is 2.27. The summed E-state index contributed by atoms with van der Waals surface area (Å²) in [5.74, 6) is 0.161. The monoisotopic (exact) mass is 409 g/mol. The molecule has 0 saturated carbocycles. The number of phenols is 1. The van der Waals surface area contributed by atoms with E-state index < -0.39 is 18.3 Å². The Balaban J connectivity index is 1.91. The van der Waals surface area contributed by atoms with Crippen molar-refractivity contribution in [2.75, 3.05) is 18.7 Å². The van der Waals surface area contributed by atoms with Gasteiger partial charge in [0.15, 0.2) is 6.10 Å². The normalized spacial score (nSPS) is 12.9. The molecule has 5 nitrogen and oxygen atoms in total. The van der Waals surface area contributed by atoms with Gasteiger partial charge in [-0.1, -0.05) is 36.4 Å². The van der Waals surface area contributed by atoms with Crippen LogP contribution < -0.4 is 5.32 Å². The number of rotatable bonds is 7. The number of phenolic OH excluding ortho intramolecular Hbond substituents is 1. The van der Waals surface area contributed by atoms with Crippen molar-refractivity contribution in [2.24, 2.45) is 0 Å². The number of amides is 1. The minimum absolute atomic E-state index is 0.161. The molecule has 2 N–H and O–H groups in total. The molecule has 0 aliphatic heterocycles. The third-order valence-corrected chi connectivity index (χ3v) is 5.36. The maximum absolute atomic E-state index is 12.6. The van der Waals surface area contributed by atoms with Crippen molar-refractivity contribution in [3.63, 3.8) is 0 Å². The largest absolute Gasteiger partial charge is 0.507 e. The quantitative estimate of drug-likeness (QED) is 0.384. The summed E-state index contributed by atoms with van der Waals surface area (Å²) in [5, 5.41) is 14.4. The standard InChI is InChI=1S/C23H23NO4S/c1-4-21(27-2)22(19-13-14-20(25)18-8-6-5-7-17(18)19)28-23(26)24-15-9-11-16(29-3)12-10-15/h4-14,21-22,25H,1H2,2-3H3,(H,24,26)/t21-,22-/m0/s1. The summed E-state index contributed by atoms with van der Waals surface area (Å²) in [6.45, 7) is 3.80. The molecule has 3 rings (SSSR count). The van der Waals surface area contributed by atoms with Crippen molar-refractivity contribution in [2.45, 2.75) is 17.1 Å². The predicted molar refractivity (Wildman–Crippen MR) is 118 cm³/mol. The van der Waals surface area contributed by atoms with Crippen LogP contribution in [-0.2, 0) is 9.47 Å². The van der Waals surface area contributed by atoms with Crippen LogP contribution in [-0.4, -0.2) is 30.7 Å². The number of benzene rings is 3. The number of hydrogen-bond donors (Lipinski definition) is 2. The Morgan fingerprint density at radius 1 is 1.10 bits per heavy atom. The Morgan fingerprint density at radius 3 is 2.41 bits per heavy atom. The third kappa shape index (κ3) is 4.72. The molecule has 0 saturated heterocycles. The van der Waals surface area contributed by atoms with Gasteiger partial charge in [-0.3, -0.25) is 5.32 Å². The van der Waals surface area contributed by atoms with Gasteiger partial charge in [0.1, 0.15) is 11.9 Å².